The summed E-state index contributed by atoms with van der Waals surface area (Å²) in [5, 5.41) is 0.754. The summed E-state index contributed by atoms with van der Waals surface area (Å²) in [6, 6.07) is 6.03. The largest absolute Gasteiger partial charge is 0.372 e. The van der Waals surface area contributed by atoms with Crippen LogP contribution in [0.4, 0.5) is 5.69 Å². The summed E-state index contributed by atoms with van der Waals surface area (Å²) in [4.78, 5) is 2.25. The molecule has 0 aliphatic rings. The highest BCUT2D eigenvalue weighted by Crippen LogP contribution is 2.24. The molecule has 1 nitrogen and oxygen atoms in total. The van der Waals surface area contributed by atoms with E-state index >= 15 is 0 Å². The Morgan fingerprint density at radius 2 is 1.86 bits per heavy atom. The van der Waals surface area contributed by atoms with Crippen LogP contribution in [-0.4, -0.2) is 13.1 Å². The predicted octanol–water partition coefficient (Wildman–Crippen LogP) is 3.93. The van der Waals surface area contributed by atoms with Crippen LogP contribution in [0.5, 0.6) is 0 Å². The van der Waals surface area contributed by atoms with Crippen molar-refractivity contribution in [3.05, 3.63) is 28.8 Å². The molecule has 1 rings (SSSR count). The van der Waals surface area contributed by atoms with Crippen molar-refractivity contribution in [2.45, 2.75) is 19.7 Å². The van der Waals surface area contributed by atoms with Gasteiger partial charge < -0.3 is 4.90 Å². The van der Waals surface area contributed by atoms with Gasteiger partial charge in [-0.2, -0.15) is 0 Å². The van der Waals surface area contributed by atoms with Gasteiger partial charge in [-0.05, 0) is 31.5 Å². The molecule has 0 bridgehead atoms. The lowest BCUT2D eigenvalue weighted by Gasteiger charge is -2.21. The van der Waals surface area contributed by atoms with Crippen molar-refractivity contribution >= 4 is 28.9 Å². The highest BCUT2D eigenvalue weighted by atomic mass is 35.5. The van der Waals surface area contributed by atoms with Crippen molar-refractivity contribution in [3.63, 3.8) is 0 Å². The van der Waals surface area contributed by atoms with Crippen LogP contribution >= 0.6 is 23.2 Å². The monoisotopic (exact) mass is 231 g/mol. The lowest BCUT2D eigenvalue weighted by Crippen LogP contribution is -2.21. The van der Waals surface area contributed by atoms with Crippen LogP contribution in [-0.2, 0) is 5.88 Å². The third-order valence-electron chi connectivity index (χ3n) is 2.31. The highest BCUT2D eigenvalue weighted by molar-refractivity contribution is 6.32. The van der Waals surface area contributed by atoms with E-state index in [-0.39, 0.29) is 0 Å². The molecule has 3 heteroatoms. The Kier molecular flexibility index (Phi) is 4.56. The fourth-order valence-electron chi connectivity index (χ4n) is 1.43. The molecule has 0 radical (unpaired) electrons. The highest BCUT2D eigenvalue weighted by Gasteiger charge is 2.04. The average Bonchev–Trinajstić information content (AvgIpc) is 2.20. The maximum absolute atomic E-state index is 6.08. The van der Waals surface area contributed by atoms with Gasteiger partial charge in [0.25, 0.3) is 0 Å². The van der Waals surface area contributed by atoms with E-state index in [0.29, 0.717) is 5.88 Å². The summed E-state index contributed by atoms with van der Waals surface area (Å²) in [7, 11) is 0. The maximum Gasteiger partial charge on any atom is 0.0488 e. The molecule has 0 saturated carbocycles. The molecular weight excluding hydrogens is 217 g/mol. The van der Waals surface area contributed by atoms with E-state index in [1.807, 2.05) is 12.1 Å². The zero-order chi connectivity index (χ0) is 10.6. The van der Waals surface area contributed by atoms with Gasteiger partial charge in [-0.1, -0.05) is 17.7 Å². The van der Waals surface area contributed by atoms with Crippen molar-refractivity contribution in [1.82, 2.24) is 0 Å². The molecule has 0 aliphatic heterocycles. The Morgan fingerprint density at radius 1 is 1.21 bits per heavy atom. The number of halogens is 2. The zero-order valence-corrected chi connectivity index (χ0v) is 10.1. The van der Waals surface area contributed by atoms with Crippen LogP contribution in [0.2, 0.25) is 5.02 Å². The molecule has 1 aromatic rings. The van der Waals surface area contributed by atoms with Gasteiger partial charge in [0, 0.05) is 29.7 Å². The van der Waals surface area contributed by atoms with Gasteiger partial charge in [0.15, 0.2) is 0 Å². The number of nitrogens with zero attached hydrogens (tertiary/aromatic N) is 1. The second-order valence-electron chi connectivity index (χ2n) is 3.08. The molecule has 14 heavy (non-hydrogen) atoms. The molecule has 0 atom stereocenters. The molecule has 0 heterocycles. The topological polar surface area (TPSA) is 3.24 Å². The van der Waals surface area contributed by atoms with E-state index in [4.69, 9.17) is 23.2 Å². The first-order chi connectivity index (χ1) is 6.72. The minimum Gasteiger partial charge on any atom is -0.372 e. The number of alkyl halides is 1. The van der Waals surface area contributed by atoms with Crippen molar-refractivity contribution in [1.29, 1.82) is 0 Å². The summed E-state index contributed by atoms with van der Waals surface area (Å²) < 4.78 is 0. The molecule has 0 aromatic heterocycles. The van der Waals surface area contributed by atoms with E-state index < -0.39 is 0 Å². The van der Waals surface area contributed by atoms with Crippen LogP contribution in [0, 0.1) is 0 Å². The molecule has 0 fully saturated rings. The molecule has 1 aromatic carbocycles. The molecule has 0 saturated heterocycles. The zero-order valence-electron chi connectivity index (χ0n) is 8.56. The minimum atomic E-state index is 0.470. The quantitative estimate of drug-likeness (QED) is 0.711. The van der Waals surface area contributed by atoms with Gasteiger partial charge in [0.2, 0.25) is 0 Å². The molecular formula is C11H15Cl2N. The number of hydrogen-bond donors (Lipinski definition) is 0. The number of anilines is 1. The molecule has 0 aliphatic carbocycles. The van der Waals surface area contributed by atoms with Gasteiger partial charge in [-0.25, -0.2) is 0 Å². The predicted molar refractivity (Wildman–Crippen MR) is 64.6 cm³/mol. The summed E-state index contributed by atoms with van der Waals surface area (Å²) in [6.07, 6.45) is 0. The second kappa shape index (κ2) is 5.47. The van der Waals surface area contributed by atoms with Crippen LogP contribution in [0.3, 0.4) is 0 Å². The van der Waals surface area contributed by atoms with Crippen molar-refractivity contribution in [2.75, 3.05) is 18.0 Å². The minimum absolute atomic E-state index is 0.470. The first-order valence-corrected chi connectivity index (χ1v) is 5.73. The van der Waals surface area contributed by atoms with Crippen LogP contribution in [0.25, 0.3) is 0 Å². The Hall–Kier alpha value is -0.400. The summed E-state index contributed by atoms with van der Waals surface area (Å²) in [5.41, 5.74) is 2.15. The van der Waals surface area contributed by atoms with Crippen LogP contribution < -0.4 is 4.90 Å². The number of benzene rings is 1. The normalized spacial score (nSPS) is 10.3. The number of hydrogen-bond acceptors (Lipinski definition) is 1. The second-order valence-corrected chi connectivity index (χ2v) is 3.76. The standard InChI is InChI=1S/C11H15Cl2N/c1-3-14(4-2)10-6-5-9(8-12)11(13)7-10/h5-7H,3-4,8H2,1-2H3. The summed E-state index contributed by atoms with van der Waals surface area (Å²) >= 11 is 11.8. The summed E-state index contributed by atoms with van der Waals surface area (Å²) in [6.45, 7) is 6.25. The Labute approximate surface area is 95.6 Å². The van der Waals surface area contributed by atoms with E-state index in [1.54, 1.807) is 0 Å². The maximum atomic E-state index is 6.08. The Bertz CT molecular complexity index is 295. The van der Waals surface area contributed by atoms with Gasteiger partial charge in [0.1, 0.15) is 0 Å². The van der Waals surface area contributed by atoms with Crippen LogP contribution in [0.15, 0.2) is 18.2 Å². The molecule has 0 spiro atoms. The molecule has 78 valence electrons. The Morgan fingerprint density at radius 3 is 2.29 bits per heavy atom. The fourth-order valence-corrected chi connectivity index (χ4v) is 1.97. The number of rotatable bonds is 4. The fraction of sp³-hybridized carbons (Fsp3) is 0.455. The SMILES string of the molecule is CCN(CC)c1ccc(CCl)c(Cl)c1. The molecule has 0 amide bonds. The third-order valence-corrected chi connectivity index (χ3v) is 2.95. The van der Waals surface area contributed by atoms with E-state index in [1.165, 1.54) is 0 Å². The van der Waals surface area contributed by atoms with Gasteiger partial charge in [0.05, 0.1) is 0 Å². The third kappa shape index (κ3) is 2.55. The summed E-state index contributed by atoms with van der Waals surface area (Å²) in [5.74, 6) is 0.470. The average molecular weight is 232 g/mol. The smallest absolute Gasteiger partial charge is 0.0488 e. The van der Waals surface area contributed by atoms with Crippen molar-refractivity contribution in [3.8, 4) is 0 Å². The lowest BCUT2D eigenvalue weighted by molar-refractivity contribution is 0.866. The van der Waals surface area contributed by atoms with Gasteiger partial charge in [-0.15, -0.1) is 11.6 Å². The first-order valence-electron chi connectivity index (χ1n) is 4.82. The van der Waals surface area contributed by atoms with E-state index in [2.05, 4.69) is 24.8 Å². The Balaban J connectivity index is 2.95. The van der Waals surface area contributed by atoms with E-state index in [9.17, 15) is 0 Å². The molecule has 0 unspecified atom stereocenters. The first kappa shape index (κ1) is 11.7. The lowest BCUT2D eigenvalue weighted by atomic mass is 10.2. The molecule has 0 N–H and O–H groups in total. The van der Waals surface area contributed by atoms with E-state index in [0.717, 1.165) is 29.4 Å². The van der Waals surface area contributed by atoms with Gasteiger partial charge in [-0.3, -0.25) is 0 Å². The van der Waals surface area contributed by atoms with Crippen molar-refractivity contribution in [2.24, 2.45) is 0 Å². The van der Waals surface area contributed by atoms with Crippen LogP contribution in [0.1, 0.15) is 19.4 Å². The van der Waals surface area contributed by atoms with Gasteiger partial charge >= 0.3 is 0 Å². The van der Waals surface area contributed by atoms with Crippen molar-refractivity contribution < 1.29 is 0 Å².